The minimum Gasteiger partial charge on any atom is -0.356 e. The summed E-state index contributed by atoms with van der Waals surface area (Å²) in [5, 5.41) is 3.10. The van der Waals surface area contributed by atoms with Crippen molar-refractivity contribution in [1.29, 1.82) is 0 Å². The molecular weight excluding hydrogens is 298 g/mol. The number of amides is 1. The molecule has 4 heteroatoms. The molecule has 0 bridgehead atoms. The van der Waals surface area contributed by atoms with Gasteiger partial charge in [-0.05, 0) is 63.3 Å². The molecule has 1 aromatic carbocycles. The zero-order valence-electron chi connectivity index (χ0n) is 14.7. The van der Waals surface area contributed by atoms with Gasteiger partial charge in [-0.25, -0.2) is 4.98 Å². The number of pyridine rings is 1. The molecule has 0 radical (unpaired) electrons. The Labute approximate surface area is 143 Å². The second-order valence-electron chi connectivity index (χ2n) is 6.65. The van der Waals surface area contributed by atoms with Gasteiger partial charge in [-0.15, -0.1) is 0 Å². The van der Waals surface area contributed by atoms with Crippen LogP contribution in [0.15, 0.2) is 30.5 Å². The van der Waals surface area contributed by atoms with Gasteiger partial charge in [0.2, 0.25) is 0 Å². The fraction of sp³-hybridized carbons (Fsp3) is 0.400. The first-order valence-electron chi connectivity index (χ1n) is 8.65. The van der Waals surface area contributed by atoms with E-state index in [0.717, 1.165) is 48.6 Å². The highest BCUT2D eigenvalue weighted by atomic mass is 16.1. The van der Waals surface area contributed by atoms with E-state index in [1.807, 2.05) is 26.0 Å². The quantitative estimate of drug-likeness (QED) is 0.918. The number of carbonyl (C=O) groups is 1. The smallest absolute Gasteiger partial charge is 0.259 e. The van der Waals surface area contributed by atoms with Crippen LogP contribution in [0, 0.1) is 20.8 Å². The van der Waals surface area contributed by atoms with E-state index in [2.05, 4.69) is 34.3 Å². The predicted octanol–water partition coefficient (Wildman–Crippen LogP) is 4.25. The minimum atomic E-state index is -0.0845. The Morgan fingerprint density at radius 3 is 2.42 bits per heavy atom. The number of nitrogens with zero attached hydrogens (tertiary/aromatic N) is 2. The van der Waals surface area contributed by atoms with Crippen molar-refractivity contribution in [2.45, 2.75) is 40.0 Å². The highest BCUT2D eigenvalue weighted by molar-refractivity contribution is 6.08. The maximum atomic E-state index is 12.9. The largest absolute Gasteiger partial charge is 0.356 e. The van der Waals surface area contributed by atoms with Crippen LogP contribution in [0.4, 0.5) is 11.5 Å². The Kier molecular flexibility index (Phi) is 4.84. The van der Waals surface area contributed by atoms with E-state index in [9.17, 15) is 4.79 Å². The van der Waals surface area contributed by atoms with E-state index >= 15 is 0 Å². The van der Waals surface area contributed by atoms with Crippen molar-refractivity contribution >= 4 is 17.4 Å². The first-order valence-corrected chi connectivity index (χ1v) is 8.65. The lowest BCUT2D eigenvalue weighted by Gasteiger charge is -2.29. The lowest BCUT2D eigenvalue weighted by molar-refractivity contribution is 0.102. The third-order valence-corrected chi connectivity index (χ3v) is 4.60. The number of benzene rings is 1. The summed E-state index contributed by atoms with van der Waals surface area (Å²) in [6.07, 6.45) is 5.34. The zero-order chi connectivity index (χ0) is 17.1. The van der Waals surface area contributed by atoms with Gasteiger partial charge in [0, 0.05) is 25.0 Å². The van der Waals surface area contributed by atoms with Crippen LogP contribution in [-0.4, -0.2) is 24.0 Å². The Morgan fingerprint density at radius 1 is 1.08 bits per heavy atom. The molecule has 1 fully saturated rings. The predicted molar refractivity (Wildman–Crippen MR) is 98.9 cm³/mol. The third-order valence-electron chi connectivity index (χ3n) is 4.60. The van der Waals surface area contributed by atoms with Crippen LogP contribution in [0.5, 0.6) is 0 Å². The van der Waals surface area contributed by atoms with Crippen LogP contribution in [0.3, 0.4) is 0 Å². The molecule has 126 valence electrons. The van der Waals surface area contributed by atoms with E-state index in [1.165, 1.54) is 12.0 Å². The summed E-state index contributed by atoms with van der Waals surface area (Å²) in [7, 11) is 0. The fourth-order valence-corrected chi connectivity index (χ4v) is 3.49. The van der Waals surface area contributed by atoms with Crippen molar-refractivity contribution in [3.05, 3.63) is 52.7 Å². The van der Waals surface area contributed by atoms with E-state index in [0.29, 0.717) is 5.56 Å². The Hall–Kier alpha value is -2.36. The van der Waals surface area contributed by atoms with Gasteiger partial charge in [-0.2, -0.15) is 0 Å². The first-order chi connectivity index (χ1) is 11.6. The maximum absolute atomic E-state index is 12.9. The number of nitrogens with one attached hydrogen (secondary N) is 1. The zero-order valence-corrected chi connectivity index (χ0v) is 14.7. The molecule has 24 heavy (non-hydrogen) atoms. The molecule has 1 saturated heterocycles. The molecule has 2 aromatic rings. The average molecular weight is 323 g/mol. The summed E-state index contributed by atoms with van der Waals surface area (Å²) in [6.45, 7) is 8.08. The third kappa shape index (κ3) is 3.42. The minimum absolute atomic E-state index is 0.0845. The summed E-state index contributed by atoms with van der Waals surface area (Å²) < 4.78 is 0. The Balaban J connectivity index is 1.88. The van der Waals surface area contributed by atoms with E-state index < -0.39 is 0 Å². The van der Waals surface area contributed by atoms with Gasteiger partial charge in [0.25, 0.3) is 5.91 Å². The number of piperidine rings is 1. The summed E-state index contributed by atoms with van der Waals surface area (Å²) in [5.74, 6) is 0.718. The number of aryl methyl sites for hydroxylation is 3. The summed E-state index contributed by atoms with van der Waals surface area (Å²) in [6, 6.07) is 7.89. The SMILES string of the molecule is Cc1cc(C)c(NC(=O)c2cccnc2N2CCCCC2)c(C)c1. The molecule has 1 aliphatic rings. The van der Waals surface area contributed by atoms with Gasteiger partial charge in [-0.3, -0.25) is 4.79 Å². The normalized spacial score (nSPS) is 14.5. The highest BCUT2D eigenvalue weighted by Gasteiger charge is 2.20. The number of hydrogen-bond acceptors (Lipinski definition) is 3. The van der Waals surface area contributed by atoms with Crippen molar-refractivity contribution in [2.75, 3.05) is 23.3 Å². The van der Waals surface area contributed by atoms with E-state index in [1.54, 1.807) is 6.20 Å². The molecule has 1 aliphatic heterocycles. The lowest BCUT2D eigenvalue weighted by Crippen LogP contribution is -2.32. The van der Waals surface area contributed by atoms with Gasteiger partial charge >= 0.3 is 0 Å². The van der Waals surface area contributed by atoms with Gasteiger partial charge in [-0.1, -0.05) is 17.7 Å². The maximum Gasteiger partial charge on any atom is 0.259 e. The van der Waals surface area contributed by atoms with Crippen LogP contribution in [0.1, 0.15) is 46.3 Å². The lowest BCUT2D eigenvalue weighted by atomic mass is 10.0. The molecule has 3 rings (SSSR count). The highest BCUT2D eigenvalue weighted by Crippen LogP contribution is 2.25. The van der Waals surface area contributed by atoms with Crippen LogP contribution in [0.25, 0.3) is 0 Å². The number of aromatic nitrogens is 1. The van der Waals surface area contributed by atoms with Crippen LogP contribution in [0.2, 0.25) is 0 Å². The van der Waals surface area contributed by atoms with Gasteiger partial charge < -0.3 is 10.2 Å². The second-order valence-corrected chi connectivity index (χ2v) is 6.65. The molecular formula is C20H25N3O. The van der Waals surface area contributed by atoms with Gasteiger partial charge in [0.1, 0.15) is 5.82 Å². The molecule has 4 nitrogen and oxygen atoms in total. The molecule has 1 amide bonds. The summed E-state index contributed by atoms with van der Waals surface area (Å²) >= 11 is 0. The van der Waals surface area contributed by atoms with Crippen molar-refractivity contribution in [3.63, 3.8) is 0 Å². The monoisotopic (exact) mass is 323 g/mol. The van der Waals surface area contributed by atoms with E-state index in [-0.39, 0.29) is 5.91 Å². The van der Waals surface area contributed by atoms with Crippen molar-refractivity contribution in [1.82, 2.24) is 4.98 Å². The number of hydrogen-bond donors (Lipinski definition) is 1. The van der Waals surface area contributed by atoms with Crippen molar-refractivity contribution in [3.8, 4) is 0 Å². The van der Waals surface area contributed by atoms with Crippen LogP contribution >= 0.6 is 0 Å². The molecule has 2 heterocycles. The fourth-order valence-electron chi connectivity index (χ4n) is 3.49. The second kappa shape index (κ2) is 7.04. The van der Waals surface area contributed by atoms with Crippen LogP contribution in [-0.2, 0) is 0 Å². The molecule has 0 aliphatic carbocycles. The van der Waals surface area contributed by atoms with Crippen LogP contribution < -0.4 is 10.2 Å². The summed E-state index contributed by atoms with van der Waals surface area (Å²) in [4.78, 5) is 19.6. The summed E-state index contributed by atoms with van der Waals surface area (Å²) in [5.41, 5.74) is 4.93. The Morgan fingerprint density at radius 2 is 1.75 bits per heavy atom. The van der Waals surface area contributed by atoms with E-state index in [4.69, 9.17) is 0 Å². The molecule has 1 aromatic heterocycles. The molecule has 0 spiro atoms. The number of rotatable bonds is 3. The molecule has 0 atom stereocenters. The average Bonchev–Trinajstić information content (AvgIpc) is 2.58. The molecule has 0 unspecified atom stereocenters. The number of anilines is 2. The van der Waals surface area contributed by atoms with Crippen molar-refractivity contribution < 1.29 is 4.79 Å². The first kappa shape index (κ1) is 16.5. The topological polar surface area (TPSA) is 45.2 Å². The Bertz CT molecular complexity index is 725. The molecule has 1 N–H and O–H groups in total. The molecule has 0 saturated carbocycles. The van der Waals surface area contributed by atoms with Gasteiger partial charge in [0.05, 0.1) is 5.56 Å². The number of carbonyl (C=O) groups excluding carboxylic acids is 1. The van der Waals surface area contributed by atoms with Gasteiger partial charge in [0.15, 0.2) is 0 Å². The standard InChI is InChI=1S/C20H25N3O/c1-14-12-15(2)18(16(3)13-14)22-20(24)17-8-7-9-21-19(17)23-10-5-4-6-11-23/h7-9,12-13H,4-6,10-11H2,1-3H3,(H,22,24). The van der Waals surface area contributed by atoms with Crippen molar-refractivity contribution in [2.24, 2.45) is 0 Å².